The molecule has 0 radical (unpaired) electrons. The molecule has 38 heavy (non-hydrogen) atoms. The third kappa shape index (κ3) is 5.61. The van der Waals surface area contributed by atoms with Crippen molar-refractivity contribution in [3.63, 3.8) is 0 Å². The van der Waals surface area contributed by atoms with Gasteiger partial charge in [0.15, 0.2) is 11.2 Å². The fourth-order valence-electron chi connectivity index (χ4n) is 5.14. The number of allylic oxidation sites excluding steroid dienone is 4. The smallest absolute Gasteiger partial charge is 0.430 e. The molecule has 0 saturated carbocycles. The highest BCUT2D eigenvalue weighted by Crippen LogP contribution is 2.34. The van der Waals surface area contributed by atoms with Crippen molar-refractivity contribution in [1.29, 1.82) is 0 Å². The number of aromatic nitrogens is 3. The van der Waals surface area contributed by atoms with Crippen LogP contribution in [0.25, 0.3) is 11.2 Å². The van der Waals surface area contributed by atoms with E-state index in [0.717, 1.165) is 72.5 Å². The summed E-state index contributed by atoms with van der Waals surface area (Å²) < 4.78 is 25.5. The number of aryl methyl sites for hydroxylation is 1. The molecule has 2 fully saturated rings. The van der Waals surface area contributed by atoms with Crippen LogP contribution in [-0.2, 0) is 15.9 Å². The summed E-state index contributed by atoms with van der Waals surface area (Å²) in [4.78, 5) is 25.4. The molecule has 0 spiro atoms. The molecular formula is C28H34FN5O3S. The SMILES string of the molecule is CCc1nc2ccc(C3CCN(CC4COC(=O)O4)CC3)cn2c1N(C)c1nc(/C(C)=C/C=C(\C)F)cs1. The van der Waals surface area contributed by atoms with Crippen LogP contribution in [0.2, 0.25) is 0 Å². The maximum Gasteiger partial charge on any atom is 0.508 e. The van der Waals surface area contributed by atoms with E-state index in [2.05, 4.69) is 39.5 Å². The van der Waals surface area contributed by atoms with E-state index in [4.69, 9.17) is 19.4 Å². The van der Waals surface area contributed by atoms with E-state index < -0.39 is 6.16 Å². The third-order valence-electron chi connectivity index (χ3n) is 7.26. The molecule has 8 nitrogen and oxygen atoms in total. The summed E-state index contributed by atoms with van der Waals surface area (Å²) in [6, 6.07) is 4.31. The molecule has 2 aliphatic rings. The largest absolute Gasteiger partial charge is 0.508 e. The van der Waals surface area contributed by atoms with Gasteiger partial charge in [-0.3, -0.25) is 9.30 Å². The van der Waals surface area contributed by atoms with Gasteiger partial charge in [0.25, 0.3) is 0 Å². The molecule has 10 heteroatoms. The topological polar surface area (TPSA) is 72.2 Å². The number of carbonyl (C=O) groups is 1. The summed E-state index contributed by atoms with van der Waals surface area (Å²) in [5, 5.41) is 2.87. The molecule has 3 aromatic rings. The molecule has 1 atom stereocenters. The van der Waals surface area contributed by atoms with Gasteiger partial charge in [-0.15, -0.1) is 11.3 Å². The minimum absolute atomic E-state index is 0.165. The van der Waals surface area contributed by atoms with Crippen molar-refractivity contribution in [2.24, 2.45) is 0 Å². The van der Waals surface area contributed by atoms with Crippen LogP contribution in [-0.4, -0.2) is 64.8 Å². The summed E-state index contributed by atoms with van der Waals surface area (Å²) in [5.41, 5.74) is 5.00. The van der Waals surface area contributed by atoms with E-state index >= 15 is 0 Å². The predicted octanol–water partition coefficient (Wildman–Crippen LogP) is 6.11. The van der Waals surface area contributed by atoms with Gasteiger partial charge in [0, 0.05) is 25.2 Å². The Kier molecular flexibility index (Phi) is 7.80. The number of nitrogens with zero attached hydrogens (tertiary/aromatic N) is 5. The van der Waals surface area contributed by atoms with Gasteiger partial charge in [0.05, 0.1) is 17.2 Å². The standard InChI is InChI=1S/C28H34FN5O3S/c1-5-23-26(32(4)27-31-24(17-38-27)18(2)6-7-19(3)29)34-14-21(8-9-25(34)30-23)20-10-12-33(13-11-20)15-22-16-36-28(35)37-22/h6-9,14,17,20,22H,5,10-13,15-16H2,1-4H3/b18-6+,19-7+. The van der Waals surface area contributed by atoms with Crippen molar-refractivity contribution < 1.29 is 18.7 Å². The first-order chi connectivity index (χ1) is 18.3. The van der Waals surface area contributed by atoms with Crippen LogP contribution in [0.4, 0.5) is 20.1 Å². The van der Waals surface area contributed by atoms with Crippen LogP contribution in [0.15, 0.2) is 41.7 Å². The van der Waals surface area contributed by atoms with Gasteiger partial charge in [-0.1, -0.05) is 19.1 Å². The van der Waals surface area contributed by atoms with Crippen LogP contribution in [0.3, 0.4) is 0 Å². The van der Waals surface area contributed by atoms with Crippen LogP contribution in [0.5, 0.6) is 0 Å². The van der Waals surface area contributed by atoms with Crippen molar-refractivity contribution in [3.05, 3.63) is 58.6 Å². The maximum absolute atomic E-state index is 13.2. The van der Waals surface area contributed by atoms with E-state index in [1.165, 1.54) is 18.6 Å². The molecule has 0 amide bonds. The van der Waals surface area contributed by atoms with Crippen LogP contribution in [0.1, 0.15) is 56.5 Å². The van der Waals surface area contributed by atoms with Crippen molar-refractivity contribution in [2.75, 3.05) is 38.2 Å². The molecule has 5 rings (SSSR count). The number of thiazole rings is 1. The second kappa shape index (κ2) is 11.2. The fraction of sp³-hybridized carbons (Fsp3) is 0.464. The summed E-state index contributed by atoms with van der Waals surface area (Å²) in [5.74, 6) is 1.24. The lowest BCUT2D eigenvalue weighted by Crippen LogP contribution is -2.39. The third-order valence-corrected chi connectivity index (χ3v) is 8.17. The molecule has 1 unspecified atom stereocenters. The fourth-order valence-corrected chi connectivity index (χ4v) is 5.99. The van der Waals surface area contributed by atoms with Gasteiger partial charge in [0.2, 0.25) is 0 Å². The highest BCUT2D eigenvalue weighted by molar-refractivity contribution is 7.13. The van der Waals surface area contributed by atoms with Gasteiger partial charge in [0.1, 0.15) is 18.1 Å². The van der Waals surface area contributed by atoms with E-state index in [1.54, 1.807) is 17.4 Å². The number of pyridine rings is 1. The lowest BCUT2D eigenvalue weighted by Gasteiger charge is -2.33. The number of hydrogen-bond acceptors (Lipinski definition) is 8. The van der Waals surface area contributed by atoms with Crippen molar-refractivity contribution in [2.45, 2.75) is 52.1 Å². The number of fused-ring (bicyclic) bond motifs is 1. The molecule has 0 aliphatic carbocycles. The van der Waals surface area contributed by atoms with Crippen molar-refractivity contribution in [3.8, 4) is 0 Å². The van der Waals surface area contributed by atoms with Gasteiger partial charge >= 0.3 is 6.16 Å². The van der Waals surface area contributed by atoms with E-state index in [1.807, 2.05) is 19.4 Å². The molecule has 202 valence electrons. The molecule has 3 aromatic heterocycles. The second-order valence-electron chi connectivity index (χ2n) is 9.98. The van der Waals surface area contributed by atoms with Crippen LogP contribution >= 0.6 is 11.3 Å². The first kappa shape index (κ1) is 26.4. The normalized spacial score (nSPS) is 19.7. The zero-order valence-corrected chi connectivity index (χ0v) is 23.1. The quantitative estimate of drug-likeness (QED) is 0.253. The number of halogens is 1. The van der Waals surface area contributed by atoms with E-state index in [0.29, 0.717) is 12.5 Å². The monoisotopic (exact) mass is 539 g/mol. The number of hydrogen-bond donors (Lipinski definition) is 0. The molecule has 5 heterocycles. The average Bonchev–Trinajstić information content (AvgIpc) is 3.65. The summed E-state index contributed by atoms with van der Waals surface area (Å²) in [6.45, 7) is 8.48. The summed E-state index contributed by atoms with van der Waals surface area (Å²) >= 11 is 1.56. The Balaban J connectivity index is 1.35. The molecule has 0 N–H and O–H groups in total. The number of piperidine rings is 1. The minimum Gasteiger partial charge on any atom is -0.430 e. The first-order valence-electron chi connectivity index (χ1n) is 13.1. The van der Waals surface area contributed by atoms with Crippen molar-refractivity contribution in [1.82, 2.24) is 19.3 Å². The van der Waals surface area contributed by atoms with Gasteiger partial charge in [-0.2, -0.15) is 0 Å². The predicted molar refractivity (Wildman–Crippen MR) is 148 cm³/mol. The Bertz CT molecular complexity index is 1370. The Morgan fingerprint density at radius 1 is 1.24 bits per heavy atom. The lowest BCUT2D eigenvalue weighted by atomic mass is 9.90. The Morgan fingerprint density at radius 2 is 2.03 bits per heavy atom. The zero-order valence-electron chi connectivity index (χ0n) is 22.3. The van der Waals surface area contributed by atoms with Gasteiger partial charge in [-0.25, -0.2) is 19.2 Å². The highest BCUT2D eigenvalue weighted by Gasteiger charge is 2.29. The summed E-state index contributed by atoms with van der Waals surface area (Å²) in [6.07, 6.45) is 7.62. The van der Waals surface area contributed by atoms with E-state index in [-0.39, 0.29) is 11.9 Å². The Hall–Kier alpha value is -3.24. The molecule has 2 saturated heterocycles. The Morgan fingerprint density at radius 3 is 2.71 bits per heavy atom. The van der Waals surface area contributed by atoms with Gasteiger partial charge < -0.3 is 14.4 Å². The Labute approximate surface area is 226 Å². The second-order valence-corrected chi connectivity index (χ2v) is 10.8. The number of cyclic esters (lactones) is 2. The number of carbonyl (C=O) groups excluding carboxylic acids is 1. The highest BCUT2D eigenvalue weighted by atomic mass is 32.1. The van der Waals surface area contributed by atoms with Crippen LogP contribution in [0, 0.1) is 0 Å². The maximum atomic E-state index is 13.2. The van der Waals surface area contributed by atoms with Crippen molar-refractivity contribution >= 4 is 39.7 Å². The zero-order chi connectivity index (χ0) is 26.8. The molecular weight excluding hydrogens is 505 g/mol. The lowest BCUT2D eigenvalue weighted by molar-refractivity contribution is 0.0934. The first-order valence-corrected chi connectivity index (χ1v) is 14.0. The molecule has 0 aromatic carbocycles. The van der Waals surface area contributed by atoms with Crippen LogP contribution < -0.4 is 4.90 Å². The average molecular weight is 540 g/mol. The molecule has 2 aliphatic heterocycles. The molecule has 0 bridgehead atoms. The van der Waals surface area contributed by atoms with E-state index in [9.17, 15) is 9.18 Å². The number of rotatable bonds is 8. The number of ether oxygens (including phenoxy) is 2. The number of anilines is 2. The van der Waals surface area contributed by atoms with Gasteiger partial charge in [-0.05, 0) is 75.4 Å². The summed E-state index contributed by atoms with van der Waals surface area (Å²) in [7, 11) is 2.03. The number of likely N-dealkylation sites (tertiary alicyclic amines) is 1. The minimum atomic E-state index is -0.560. The number of imidazole rings is 1.